The number of aromatic nitrogens is 3. The summed E-state index contributed by atoms with van der Waals surface area (Å²) in [6.07, 6.45) is 5.85. The number of hydrogen-bond donors (Lipinski definition) is 3. The normalized spacial score (nSPS) is 17.8. The average Bonchev–Trinajstić information content (AvgIpc) is 2.92. The fraction of sp³-hybridized carbons (Fsp3) is 0.467. The van der Waals surface area contributed by atoms with Crippen LogP contribution >= 0.6 is 11.6 Å². The SMILES string of the molecule is O=c1[nH]nc(CNC2(c3ccc(Cl)cc3)CCCCC2)[nH]1. The van der Waals surface area contributed by atoms with Gasteiger partial charge in [0.15, 0.2) is 0 Å². The molecule has 1 aromatic carbocycles. The summed E-state index contributed by atoms with van der Waals surface area (Å²) in [5, 5.41) is 10.7. The second kappa shape index (κ2) is 6.03. The molecule has 3 N–H and O–H groups in total. The lowest BCUT2D eigenvalue weighted by Gasteiger charge is -2.39. The molecule has 6 heteroatoms. The van der Waals surface area contributed by atoms with E-state index in [4.69, 9.17) is 11.6 Å². The van der Waals surface area contributed by atoms with E-state index in [9.17, 15) is 4.79 Å². The number of hydrogen-bond acceptors (Lipinski definition) is 3. The average molecular weight is 307 g/mol. The van der Waals surface area contributed by atoms with E-state index >= 15 is 0 Å². The third-order valence-electron chi connectivity index (χ3n) is 4.25. The third-order valence-corrected chi connectivity index (χ3v) is 4.50. The minimum atomic E-state index is -0.268. The molecule has 1 fully saturated rings. The molecular weight excluding hydrogens is 288 g/mol. The maximum Gasteiger partial charge on any atom is 0.340 e. The van der Waals surface area contributed by atoms with E-state index in [1.165, 1.54) is 24.8 Å². The van der Waals surface area contributed by atoms with Crippen LogP contribution in [0.5, 0.6) is 0 Å². The lowest BCUT2D eigenvalue weighted by atomic mass is 9.76. The first kappa shape index (κ1) is 14.4. The van der Waals surface area contributed by atoms with Gasteiger partial charge in [0, 0.05) is 10.6 Å². The number of aromatic amines is 2. The predicted molar refractivity (Wildman–Crippen MR) is 82.3 cm³/mol. The Bertz CT molecular complexity index is 640. The minimum Gasteiger partial charge on any atom is -0.300 e. The van der Waals surface area contributed by atoms with Crippen molar-refractivity contribution in [1.29, 1.82) is 0 Å². The summed E-state index contributed by atoms with van der Waals surface area (Å²) in [5.74, 6) is 0.638. The zero-order valence-corrected chi connectivity index (χ0v) is 12.5. The van der Waals surface area contributed by atoms with Crippen LogP contribution in [0.15, 0.2) is 29.1 Å². The first-order valence-corrected chi connectivity index (χ1v) is 7.70. The van der Waals surface area contributed by atoms with Crippen LogP contribution < -0.4 is 11.0 Å². The van der Waals surface area contributed by atoms with Crippen LogP contribution in [0.25, 0.3) is 0 Å². The summed E-state index contributed by atoms with van der Waals surface area (Å²) in [5.41, 5.74) is 0.930. The number of nitrogens with zero attached hydrogens (tertiary/aromatic N) is 1. The molecule has 21 heavy (non-hydrogen) atoms. The number of benzene rings is 1. The smallest absolute Gasteiger partial charge is 0.300 e. The molecule has 0 saturated heterocycles. The predicted octanol–water partition coefficient (Wildman–Crippen LogP) is 2.70. The van der Waals surface area contributed by atoms with Gasteiger partial charge in [0.2, 0.25) is 0 Å². The molecule has 5 nitrogen and oxygen atoms in total. The lowest BCUT2D eigenvalue weighted by Crippen LogP contribution is -2.43. The Balaban J connectivity index is 1.82. The molecule has 1 saturated carbocycles. The number of nitrogens with one attached hydrogen (secondary N) is 3. The lowest BCUT2D eigenvalue weighted by molar-refractivity contribution is 0.229. The number of halogens is 1. The van der Waals surface area contributed by atoms with E-state index in [2.05, 4.69) is 32.6 Å². The van der Waals surface area contributed by atoms with E-state index in [1.54, 1.807) is 0 Å². The van der Waals surface area contributed by atoms with Crippen molar-refractivity contribution in [2.24, 2.45) is 0 Å². The summed E-state index contributed by atoms with van der Waals surface area (Å²) < 4.78 is 0. The van der Waals surface area contributed by atoms with Crippen LogP contribution in [0.2, 0.25) is 5.02 Å². The van der Waals surface area contributed by atoms with Crippen LogP contribution in [0.3, 0.4) is 0 Å². The van der Waals surface area contributed by atoms with E-state index in [0.717, 1.165) is 17.9 Å². The molecule has 1 heterocycles. The van der Waals surface area contributed by atoms with Gasteiger partial charge in [-0.15, -0.1) is 0 Å². The van der Waals surface area contributed by atoms with Crippen LogP contribution in [0.1, 0.15) is 43.5 Å². The molecular formula is C15H19ClN4O. The topological polar surface area (TPSA) is 73.6 Å². The molecule has 0 unspecified atom stereocenters. The molecule has 0 amide bonds. The Kier molecular flexibility index (Phi) is 4.12. The van der Waals surface area contributed by atoms with Crippen LogP contribution in [0, 0.1) is 0 Å². The Hall–Kier alpha value is -1.59. The van der Waals surface area contributed by atoms with Crippen molar-refractivity contribution in [3.05, 3.63) is 51.2 Å². The molecule has 1 aromatic heterocycles. The van der Waals surface area contributed by atoms with Crippen molar-refractivity contribution in [1.82, 2.24) is 20.5 Å². The minimum absolute atomic E-state index is 0.0569. The monoisotopic (exact) mass is 306 g/mol. The van der Waals surface area contributed by atoms with Crippen molar-refractivity contribution in [3.63, 3.8) is 0 Å². The summed E-state index contributed by atoms with van der Waals surface area (Å²) in [6, 6.07) is 8.05. The van der Waals surface area contributed by atoms with Crippen molar-refractivity contribution in [2.75, 3.05) is 0 Å². The highest BCUT2D eigenvalue weighted by atomic mass is 35.5. The van der Waals surface area contributed by atoms with Gasteiger partial charge in [-0.3, -0.25) is 4.98 Å². The fourth-order valence-corrected chi connectivity index (χ4v) is 3.26. The van der Waals surface area contributed by atoms with Crippen molar-refractivity contribution in [3.8, 4) is 0 Å². The van der Waals surface area contributed by atoms with Gasteiger partial charge < -0.3 is 5.32 Å². The molecule has 112 valence electrons. The van der Waals surface area contributed by atoms with E-state index < -0.39 is 0 Å². The van der Waals surface area contributed by atoms with Gasteiger partial charge in [-0.1, -0.05) is 43.0 Å². The molecule has 0 spiro atoms. The Morgan fingerprint density at radius 1 is 1.19 bits per heavy atom. The molecule has 0 radical (unpaired) electrons. The standard InChI is InChI=1S/C15H19ClN4O/c16-12-6-4-11(5-7-12)15(8-2-1-3-9-15)17-10-13-18-14(21)20-19-13/h4-7,17H,1-3,8-10H2,(H2,18,19,20,21). The van der Waals surface area contributed by atoms with E-state index in [1.807, 2.05) is 12.1 Å². The third kappa shape index (κ3) is 3.19. The van der Waals surface area contributed by atoms with Crippen LogP contribution in [-0.2, 0) is 12.1 Å². The van der Waals surface area contributed by atoms with Gasteiger partial charge in [-0.25, -0.2) is 9.89 Å². The Morgan fingerprint density at radius 2 is 1.90 bits per heavy atom. The van der Waals surface area contributed by atoms with Crippen molar-refractivity contribution in [2.45, 2.75) is 44.2 Å². The van der Waals surface area contributed by atoms with E-state index in [-0.39, 0.29) is 11.2 Å². The maximum absolute atomic E-state index is 11.1. The highest BCUT2D eigenvalue weighted by molar-refractivity contribution is 6.30. The molecule has 1 aliphatic carbocycles. The van der Waals surface area contributed by atoms with Crippen LogP contribution in [-0.4, -0.2) is 15.2 Å². The summed E-state index contributed by atoms with van der Waals surface area (Å²) in [6.45, 7) is 0.543. The molecule has 3 rings (SSSR count). The molecule has 0 aliphatic heterocycles. The first-order chi connectivity index (χ1) is 10.2. The second-order valence-corrected chi connectivity index (χ2v) is 6.06. The fourth-order valence-electron chi connectivity index (χ4n) is 3.13. The number of rotatable bonds is 4. The van der Waals surface area contributed by atoms with Gasteiger partial charge in [-0.2, -0.15) is 5.10 Å². The molecule has 0 atom stereocenters. The van der Waals surface area contributed by atoms with Crippen molar-refractivity contribution >= 4 is 11.6 Å². The van der Waals surface area contributed by atoms with Gasteiger partial charge in [0.25, 0.3) is 0 Å². The second-order valence-electron chi connectivity index (χ2n) is 5.63. The largest absolute Gasteiger partial charge is 0.340 e. The Labute approximate surface area is 128 Å². The van der Waals surface area contributed by atoms with Gasteiger partial charge in [0.1, 0.15) is 5.82 Å². The van der Waals surface area contributed by atoms with E-state index in [0.29, 0.717) is 12.4 Å². The zero-order chi connectivity index (χ0) is 14.7. The quantitative estimate of drug-likeness (QED) is 0.813. The zero-order valence-electron chi connectivity index (χ0n) is 11.8. The Morgan fingerprint density at radius 3 is 2.52 bits per heavy atom. The van der Waals surface area contributed by atoms with Crippen LogP contribution in [0.4, 0.5) is 0 Å². The summed E-state index contributed by atoms with van der Waals surface area (Å²) in [4.78, 5) is 13.8. The summed E-state index contributed by atoms with van der Waals surface area (Å²) in [7, 11) is 0. The first-order valence-electron chi connectivity index (χ1n) is 7.33. The van der Waals surface area contributed by atoms with Gasteiger partial charge in [0.05, 0.1) is 6.54 Å². The van der Waals surface area contributed by atoms with Gasteiger partial charge in [-0.05, 0) is 30.5 Å². The number of H-pyrrole nitrogens is 2. The van der Waals surface area contributed by atoms with Crippen molar-refractivity contribution < 1.29 is 0 Å². The summed E-state index contributed by atoms with van der Waals surface area (Å²) >= 11 is 6.00. The molecule has 1 aliphatic rings. The maximum atomic E-state index is 11.1. The highest BCUT2D eigenvalue weighted by Crippen LogP contribution is 2.37. The molecule has 2 aromatic rings. The highest BCUT2D eigenvalue weighted by Gasteiger charge is 2.33. The van der Waals surface area contributed by atoms with Gasteiger partial charge >= 0.3 is 5.69 Å². The molecule has 0 bridgehead atoms.